The first-order chi connectivity index (χ1) is 8.54. The average Bonchev–Trinajstić information content (AvgIpc) is 2.39. The van der Waals surface area contributed by atoms with Crippen LogP contribution in [0.4, 0.5) is 19.1 Å². The lowest BCUT2D eigenvalue weighted by atomic mass is 9.93. The first-order valence-corrected chi connectivity index (χ1v) is 5.93. The summed E-state index contributed by atoms with van der Waals surface area (Å²) in [5.41, 5.74) is -0.799. The van der Waals surface area contributed by atoms with E-state index in [9.17, 15) is 13.2 Å². The molecular weight excluding hydrogens is 316 g/mol. The molecule has 3 aliphatic heterocycles. The zero-order valence-corrected chi connectivity index (χ0v) is 12.1. The molecule has 0 saturated carbocycles. The molecule has 9 heteroatoms. The number of rotatable bonds is 1. The molecule has 3 aliphatic rings. The highest BCUT2D eigenvalue weighted by molar-refractivity contribution is 5.85. The van der Waals surface area contributed by atoms with Crippen LogP contribution < -0.4 is 10.2 Å². The molecule has 0 aromatic carbocycles. The largest absolute Gasteiger partial charge is 0.419 e. The first-order valence-electron chi connectivity index (χ1n) is 5.93. The second-order valence-electron chi connectivity index (χ2n) is 4.76. The van der Waals surface area contributed by atoms with Gasteiger partial charge >= 0.3 is 6.18 Å². The Morgan fingerprint density at radius 1 is 1.15 bits per heavy atom. The fourth-order valence-electron chi connectivity index (χ4n) is 2.57. The Kier molecular flexibility index (Phi) is 5.46. The fraction of sp³-hybridized carbons (Fsp3) is 0.636. The molecule has 114 valence electrons. The Labute approximate surface area is 127 Å². The van der Waals surface area contributed by atoms with Crippen LogP contribution in [0.25, 0.3) is 0 Å². The smallest absolute Gasteiger partial charge is 0.335 e. The van der Waals surface area contributed by atoms with Gasteiger partial charge in [0.15, 0.2) is 0 Å². The predicted octanol–water partition coefficient (Wildman–Crippen LogP) is 2.28. The van der Waals surface area contributed by atoms with Gasteiger partial charge in [0.05, 0.1) is 5.56 Å². The Morgan fingerprint density at radius 3 is 2.20 bits per heavy atom. The molecule has 0 spiro atoms. The topological polar surface area (TPSA) is 41.1 Å². The van der Waals surface area contributed by atoms with Gasteiger partial charge in [-0.05, 0) is 12.8 Å². The molecule has 0 aliphatic carbocycles. The lowest BCUT2D eigenvalue weighted by Crippen LogP contribution is -2.61. The lowest BCUT2D eigenvalue weighted by Gasteiger charge is -2.45. The number of hydrogen-bond acceptors (Lipinski definition) is 4. The maximum atomic E-state index is 12.4. The van der Waals surface area contributed by atoms with Crippen molar-refractivity contribution in [2.45, 2.75) is 31.1 Å². The number of nitrogens with zero attached hydrogens (tertiary/aromatic N) is 3. The van der Waals surface area contributed by atoms with Crippen LogP contribution in [0.3, 0.4) is 0 Å². The van der Waals surface area contributed by atoms with Crippen molar-refractivity contribution < 1.29 is 13.2 Å². The summed E-state index contributed by atoms with van der Waals surface area (Å²) in [6, 6.07) is 0.702. The van der Waals surface area contributed by atoms with Crippen LogP contribution >= 0.6 is 24.8 Å². The van der Waals surface area contributed by atoms with E-state index < -0.39 is 11.7 Å². The van der Waals surface area contributed by atoms with Gasteiger partial charge in [0.1, 0.15) is 0 Å². The summed E-state index contributed by atoms with van der Waals surface area (Å²) in [7, 11) is 0. The van der Waals surface area contributed by atoms with Crippen LogP contribution in [0.5, 0.6) is 0 Å². The van der Waals surface area contributed by atoms with E-state index in [-0.39, 0.29) is 24.8 Å². The van der Waals surface area contributed by atoms with Gasteiger partial charge in [-0.2, -0.15) is 13.2 Å². The minimum Gasteiger partial charge on any atom is -0.335 e. The maximum Gasteiger partial charge on any atom is 0.419 e. The van der Waals surface area contributed by atoms with E-state index >= 15 is 0 Å². The predicted molar refractivity (Wildman–Crippen MR) is 73.7 cm³/mol. The molecule has 1 aromatic rings. The molecule has 2 bridgehead atoms. The van der Waals surface area contributed by atoms with Gasteiger partial charge in [-0.3, -0.25) is 0 Å². The molecule has 20 heavy (non-hydrogen) atoms. The number of piperazine rings is 1. The number of aromatic nitrogens is 2. The molecular formula is C11H15Cl2F3N4. The number of hydrogen-bond donors (Lipinski definition) is 1. The molecule has 1 aromatic heterocycles. The Morgan fingerprint density at radius 2 is 1.80 bits per heavy atom. The van der Waals surface area contributed by atoms with Gasteiger partial charge in [-0.15, -0.1) is 24.8 Å². The van der Waals surface area contributed by atoms with E-state index in [0.29, 0.717) is 18.0 Å². The molecule has 3 saturated heterocycles. The number of piperidine rings is 2. The molecule has 4 rings (SSSR count). The van der Waals surface area contributed by atoms with Crippen LogP contribution in [-0.4, -0.2) is 35.1 Å². The highest BCUT2D eigenvalue weighted by Gasteiger charge is 2.36. The summed E-state index contributed by atoms with van der Waals surface area (Å²) in [5, 5.41) is 3.38. The third-order valence-electron chi connectivity index (χ3n) is 3.57. The molecule has 2 unspecified atom stereocenters. The second-order valence-corrected chi connectivity index (χ2v) is 4.76. The van der Waals surface area contributed by atoms with Gasteiger partial charge in [0.25, 0.3) is 0 Å². The molecule has 3 fully saturated rings. The van der Waals surface area contributed by atoms with Crippen molar-refractivity contribution in [2.24, 2.45) is 0 Å². The van der Waals surface area contributed by atoms with Crippen molar-refractivity contribution in [1.82, 2.24) is 15.3 Å². The van der Waals surface area contributed by atoms with E-state index in [1.807, 2.05) is 4.90 Å². The van der Waals surface area contributed by atoms with Gasteiger partial charge in [-0.1, -0.05) is 0 Å². The van der Waals surface area contributed by atoms with Crippen LogP contribution in [0, 0.1) is 0 Å². The fourth-order valence-corrected chi connectivity index (χ4v) is 2.57. The normalized spacial score (nSPS) is 24.9. The van der Waals surface area contributed by atoms with Gasteiger partial charge in [0.2, 0.25) is 5.95 Å². The molecule has 0 radical (unpaired) electrons. The van der Waals surface area contributed by atoms with Gasteiger partial charge in [0, 0.05) is 37.6 Å². The van der Waals surface area contributed by atoms with E-state index in [1.54, 1.807) is 0 Å². The Hall–Kier alpha value is -0.790. The van der Waals surface area contributed by atoms with Gasteiger partial charge < -0.3 is 10.2 Å². The van der Waals surface area contributed by atoms with Crippen molar-refractivity contribution in [2.75, 3.05) is 18.0 Å². The maximum absolute atomic E-state index is 12.4. The minimum atomic E-state index is -4.37. The van der Waals surface area contributed by atoms with Crippen molar-refractivity contribution in [1.29, 1.82) is 0 Å². The molecule has 4 nitrogen and oxygen atoms in total. The van der Waals surface area contributed by atoms with E-state index in [4.69, 9.17) is 0 Å². The first kappa shape index (κ1) is 17.3. The van der Waals surface area contributed by atoms with Crippen LogP contribution in [0.2, 0.25) is 0 Å². The summed E-state index contributed by atoms with van der Waals surface area (Å²) < 4.78 is 37.2. The SMILES string of the molecule is Cl.Cl.FC(F)(F)c1cnc(N2CC3CCC2CN3)nc1. The molecule has 4 heterocycles. The number of anilines is 1. The van der Waals surface area contributed by atoms with Crippen molar-refractivity contribution >= 4 is 30.8 Å². The average molecular weight is 331 g/mol. The zero-order chi connectivity index (χ0) is 12.8. The number of fused-ring (bicyclic) bond motifs is 3. The number of alkyl halides is 3. The van der Waals surface area contributed by atoms with Crippen molar-refractivity contribution in [3.05, 3.63) is 18.0 Å². The highest BCUT2D eigenvalue weighted by atomic mass is 35.5. The quantitative estimate of drug-likeness (QED) is 0.857. The molecule has 1 N–H and O–H groups in total. The minimum absolute atomic E-state index is 0. The highest BCUT2D eigenvalue weighted by Crippen LogP contribution is 2.30. The summed E-state index contributed by atoms with van der Waals surface area (Å²) in [5.74, 6) is 0.402. The zero-order valence-electron chi connectivity index (χ0n) is 10.4. The Balaban J connectivity index is 0.000001000. The third-order valence-corrected chi connectivity index (χ3v) is 3.57. The monoisotopic (exact) mass is 330 g/mol. The standard InChI is InChI=1S/C11H13F3N4.2ClH/c12-11(13,14)7-3-16-10(17-4-7)18-6-8-1-2-9(18)5-15-8;;/h3-4,8-9,15H,1-2,5-6H2;2*1H. The van der Waals surface area contributed by atoms with Crippen LogP contribution in [-0.2, 0) is 6.18 Å². The van der Waals surface area contributed by atoms with Crippen molar-refractivity contribution in [3.63, 3.8) is 0 Å². The third kappa shape index (κ3) is 3.27. The lowest BCUT2D eigenvalue weighted by molar-refractivity contribution is -0.138. The van der Waals surface area contributed by atoms with Crippen molar-refractivity contribution in [3.8, 4) is 0 Å². The van der Waals surface area contributed by atoms with E-state index in [1.165, 1.54) is 0 Å². The summed E-state index contributed by atoms with van der Waals surface area (Å²) in [6.45, 7) is 1.63. The number of nitrogens with one attached hydrogen (secondary N) is 1. The van der Waals surface area contributed by atoms with Crippen LogP contribution in [0.15, 0.2) is 12.4 Å². The molecule has 0 amide bonds. The Bertz CT molecular complexity index is 432. The number of halogens is 5. The van der Waals surface area contributed by atoms with Crippen LogP contribution in [0.1, 0.15) is 18.4 Å². The summed E-state index contributed by atoms with van der Waals surface area (Å²) in [4.78, 5) is 9.71. The summed E-state index contributed by atoms with van der Waals surface area (Å²) in [6.07, 6.45) is -0.499. The van der Waals surface area contributed by atoms with Gasteiger partial charge in [-0.25, -0.2) is 9.97 Å². The molecule has 2 atom stereocenters. The van der Waals surface area contributed by atoms with E-state index in [2.05, 4.69) is 15.3 Å². The second kappa shape index (κ2) is 6.32. The van der Waals surface area contributed by atoms with E-state index in [0.717, 1.165) is 38.3 Å². The summed E-state index contributed by atoms with van der Waals surface area (Å²) >= 11 is 0.